The summed E-state index contributed by atoms with van der Waals surface area (Å²) in [4.78, 5) is 0. The predicted octanol–water partition coefficient (Wildman–Crippen LogP) is 4.16. The maximum Gasteiger partial charge on any atom is 0.139 e. The average molecular weight is 309 g/mol. The van der Waals surface area contributed by atoms with Gasteiger partial charge in [0.15, 0.2) is 0 Å². The average Bonchev–Trinajstić information content (AvgIpc) is 2.40. The normalized spacial score (nSPS) is 10.3. The molecule has 0 aliphatic carbocycles. The molecule has 2 rings (SSSR count). The zero-order valence-electron chi connectivity index (χ0n) is 10.9. The van der Waals surface area contributed by atoms with Crippen LogP contribution in [0, 0.1) is 12.3 Å². The van der Waals surface area contributed by atoms with Gasteiger partial charge in [0.1, 0.15) is 18.2 Å². The molecule has 0 saturated carbocycles. The third-order valence-corrected chi connectivity index (χ3v) is 3.48. The van der Waals surface area contributed by atoms with E-state index in [-0.39, 0.29) is 5.84 Å². The number of hydrogen-bond donors (Lipinski definition) is 2. The van der Waals surface area contributed by atoms with Crippen molar-refractivity contribution >= 4 is 29.0 Å². The molecule has 3 nitrogen and oxygen atoms in total. The number of nitrogens with two attached hydrogens (primary N) is 1. The van der Waals surface area contributed by atoms with Gasteiger partial charge in [-0.2, -0.15) is 0 Å². The van der Waals surface area contributed by atoms with E-state index in [1.54, 1.807) is 24.3 Å². The first kappa shape index (κ1) is 14.7. The van der Waals surface area contributed by atoms with Crippen molar-refractivity contribution in [2.75, 3.05) is 0 Å². The maximum atomic E-state index is 7.41. The smallest absolute Gasteiger partial charge is 0.139 e. The molecule has 0 unspecified atom stereocenters. The molecule has 3 N–H and O–H groups in total. The number of halogens is 2. The lowest BCUT2D eigenvalue weighted by molar-refractivity contribution is 0.305. The van der Waals surface area contributed by atoms with E-state index in [1.807, 2.05) is 19.1 Å². The highest BCUT2D eigenvalue weighted by atomic mass is 35.5. The Balaban J connectivity index is 2.15. The van der Waals surface area contributed by atoms with Gasteiger partial charge in [-0.05, 0) is 36.2 Å². The van der Waals surface area contributed by atoms with Crippen LogP contribution in [0.4, 0.5) is 0 Å². The van der Waals surface area contributed by atoms with Crippen LogP contribution < -0.4 is 10.5 Å². The van der Waals surface area contributed by atoms with Crippen LogP contribution in [0.3, 0.4) is 0 Å². The molecule has 0 aliphatic heterocycles. The molecule has 0 heterocycles. The molecule has 0 spiro atoms. The van der Waals surface area contributed by atoms with Crippen LogP contribution in [-0.4, -0.2) is 5.84 Å². The minimum absolute atomic E-state index is 0.0541. The molecule has 0 amide bonds. The minimum Gasteiger partial charge on any atom is -0.487 e. The lowest BCUT2D eigenvalue weighted by atomic mass is 10.1. The molecule has 0 aromatic heterocycles. The summed E-state index contributed by atoms with van der Waals surface area (Å²) in [6.45, 7) is 2.33. The minimum atomic E-state index is 0.0541. The van der Waals surface area contributed by atoms with E-state index in [1.165, 1.54) is 0 Å². The van der Waals surface area contributed by atoms with Crippen molar-refractivity contribution in [3.63, 3.8) is 0 Å². The van der Waals surface area contributed by atoms with Crippen molar-refractivity contribution in [3.05, 3.63) is 63.1 Å². The fraction of sp³-hybridized carbons (Fsp3) is 0.133. The van der Waals surface area contributed by atoms with Gasteiger partial charge in [0, 0.05) is 16.7 Å². The van der Waals surface area contributed by atoms with Gasteiger partial charge in [0.2, 0.25) is 0 Å². The molecule has 0 aliphatic rings. The summed E-state index contributed by atoms with van der Waals surface area (Å²) in [5, 5.41) is 8.50. The fourth-order valence-electron chi connectivity index (χ4n) is 1.77. The van der Waals surface area contributed by atoms with Crippen molar-refractivity contribution < 1.29 is 4.74 Å². The van der Waals surface area contributed by atoms with Gasteiger partial charge in [-0.3, -0.25) is 5.41 Å². The van der Waals surface area contributed by atoms with Crippen molar-refractivity contribution in [2.45, 2.75) is 13.5 Å². The lowest BCUT2D eigenvalue weighted by Crippen LogP contribution is -2.11. The fourth-order valence-corrected chi connectivity index (χ4v) is 2.10. The highest BCUT2D eigenvalue weighted by Crippen LogP contribution is 2.28. The zero-order valence-corrected chi connectivity index (χ0v) is 12.4. The summed E-state index contributed by atoms with van der Waals surface area (Å²) in [6.07, 6.45) is 0. The molecular weight excluding hydrogens is 295 g/mol. The Morgan fingerprint density at radius 2 is 1.95 bits per heavy atom. The van der Waals surface area contributed by atoms with E-state index in [2.05, 4.69) is 0 Å². The topological polar surface area (TPSA) is 59.1 Å². The van der Waals surface area contributed by atoms with Crippen molar-refractivity contribution in [3.8, 4) is 5.75 Å². The molecule has 0 atom stereocenters. The van der Waals surface area contributed by atoms with E-state index in [0.29, 0.717) is 28.0 Å². The summed E-state index contributed by atoms with van der Waals surface area (Å²) < 4.78 is 5.68. The number of nitrogen functional groups attached to an aromatic ring is 1. The number of nitrogens with one attached hydrogen (secondary N) is 1. The third kappa shape index (κ3) is 3.44. The zero-order chi connectivity index (χ0) is 14.7. The van der Waals surface area contributed by atoms with Crippen LogP contribution in [0.2, 0.25) is 10.0 Å². The van der Waals surface area contributed by atoms with Crippen LogP contribution in [0.15, 0.2) is 36.4 Å². The third-order valence-electron chi connectivity index (χ3n) is 2.93. The second-order valence-electron chi connectivity index (χ2n) is 4.42. The largest absolute Gasteiger partial charge is 0.487 e. The number of ether oxygens (including phenoxy) is 1. The number of benzene rings is 2. The monoisotopic (exact) mass is 308 g/mol. The first-order valence-corrected chi connectivity index (χ1v) is 6.74. The van der Waals surface area contributed by atoms with Gasteiger partial charge in [-0.25, -0.2) is 0 Å². The molecule has 0 radical (unpaired) electrons. The van der Waals surface area contributed by atoms with Gasteiger partial charge >= 0.3 is 0 Å². The standard InChI is InChI=1S/C15H14Cl2N2O/c1-9-6-10(15(18)19)2-3-11(9)8-20-14-7-12(16)4-5-13(14)17/h2-7H,8H2,1H3,(H3,18,19). The van der Waals surface area contributed by atoms with Gasteiger partial charge in [-0.15, -0.1) is 0 Å². The maximum absolute atomic E-state index is 7.41. The van der Waals surface area contributed by atoms with Gasteiger partial charge in [0.05, 0.1) is 5.02 Å². The van der Waals surface area contributed by atoms with E-state index >= 15 is 0 Å². The summed E-state index contributed by atoms with van der Waals surface area (Å²) in [6, 6.07) is 10.6. The first-order chi connectivity index (χ1) is 9.47. The molecule has 104 valence electrons. The quantitative estimate of drug-likeness (QED) is 0.658. The first-order valence-electron chi connectivity index (χ1n) is 5.99. The van der Waals surface area contributed by atoms with Crippen molar-refractivity contribution in [1.82, 2.24) is 0 Å². The molecular formula is C15H14Cl2N2O. The highest BCUT2D eigenvalue weighted by molar-refractivity contribution is 6.34. The summed E-state index contributed by atoms with van der Waals surface area (Å²) in [5.41, 5.74) is 8.17. The van der Waals surface area contributed by atoms with E-state index in [9.17, 15) is 0 Å². The Labute approximate surface area is 127 Å². The lowest BCUT2D eigenvalue weighted by Gasteiger charge is -2.11. The SMILES string of the molecule is Cc1cc(C(=N)N)ccc1COc1cc(Cl)ccc1Cl. The summed E-state index contributed by atoms with van der Waals surface area (Å²) in [5.74, 6) is 0.604. The van der Waals surface area contributed by atoms with Crippen molar-refractivity contribution in [1.29, 1.82) is 5.41 Å². The molecule has 0 bridgehead atoms. The van der Waals surface area contributed by atoms with E-state index in [0.717, 1.165) is 11.1 Å². The molecule has 0 saturated heterocycles. The van der Waals surface area contributed by atoms with E-state index in [4.69, 9.17) is 39.1 Å². The summed E-state index contributed by atoms with van der Waals surface area (Å²) in [7, 11) is 0. The van der Waals surface area contributed by atoms with Gasteiger partial charge in [0.25, 0.3) is 0 Å². The van der Waals surface area contributed by atoms with Crippen LogP contribution in [0.25, 0.3) is 0 Å². The number of amidine groups is 1. The Bertz CT molecular complexity index is 656. The summed E-state index contributed by atoms with van der Waals surface area (Å²) >= 11 is 12.0. The van der Waals surface area contributed by atoms with E-state index < -0.39 is 0 Å². The second-order valence-corrected chi connectivity index (χ2v) is 5.26. The Kier molecular flexibility index (Phi) is 4.53. The number of rotatable bonds is 4. The molecule has 20 heavy (non-hydrogen) atoms. The molecule has 2 aromatic rings. The predicted molar refractivity (Wildman–Crippen MR) is 83.0 cm³/mol. The van der Waals surface area contributed by atoms with Crippen molar-refractivity contribution in [2.24, 2.45) is 5.73 Å². The highest BCUT2D eigenvalue weighted by Gasteiger charge is 2.06. The Hall–Kier alpha value is -1.71. The van der Waals surface area contributed by atoms with Crippen LogP contribution >= 0.6 is 23.2 Å². The molecule has 5 heteroatoms. The van der Waals surface area contributed by atoms with Crippen LogP contribution in [0.1, 0.15) is 16.7 Å². The Morgan fingerprint density at radius 3 is 2.60 bits per heavy atom. The molecule has 0 fully saturated rings. The van der Waals surface area contributed by atoms with Gasteiger partial charge in [-0.1, -0.05) is 35.3 Å². The van der Waals surface area contributed by atoms with Crippen LogP contribution in [0.5, 0.6) is 5.75 Å². The second kappa shape index (κ2) is 6.16. The number of hydrogen-bond acceptors (Lipinski definition) is 2. The van der Waals surface area contributed by atoms with Gasteiger partial charge < -0.3 is 10.5 Å². The molecule has 2 aromatic carbocycles. The Morgan fingerprint density at radius 1 is 1.20 bits per heavy atom. The van der Waals surface area contributed by atoms with Crippen LogP contribution in [-0.2, 0) is 6.61 Å². The number of aryl methyl sites for hydroxylation is 1.